The minimum Gasteiger partial charge on any atom is -0.396 e. The number of hydrogen-bond donors (Lipinski definition) is 2. The van der Waals surface area contributed by atoms with Crippen molar-refractivity contribution < 1.29 is 19.7 Å². The Hall–Kier alpha value is -0.670. The third-order valence-electron chi connectivity index (χ3n) is 3.97. The molecule has 0 aromatic rings. The maximum atomic E-state index is 9.65. The van der Waals surface area contributed by atoms with Crippen LogP contribution in [-0.4, -0.2) is 47.3 Å². The molecule has 2 N–H and O–H groups in total. The molecule has 4 atom stereocenters. The molecular formula is C13H21NO4. The summed E-state index contributed by atoms with van der Waals surface area (Å²) in [4.78, 5) is 0. The van der Waals surface area contributed by atoms with Gasteiger partial charge in [-0.05, 0) is 25.7 Å². The van der Waals surface area contributed by atoms with Crippen molar-refractivity contribution in [1.82, 2.24) is 0 Å². The summed E-state index contributed by atoms with van der Waals surface area (Å²) in [6.45, 7) is 0.0411. The van der Waals surface area contributed by atoms with Crippen LogP contribution in [0.2, 0.25) is 0 Å². The predicted molar refractivity (Wildman–Crippen MR) is 63.8 cm³/mol. The second-order valence-electron chi connectivity index (χ2n) is 5.20. The Kier molecular flexibility index (Phi) is 4.57. The van der Waals surface area contributed by atoms with Gasteiger partial charge in [-0.1, -0.05) is 0 Å². The average molecular weight is 255 g/mol. The van der Waals surface area contributed by atoms with Crippen molar-refractivity contribution in [1.29, 1.82) is 5.26 Å². The molecule has 0 aromatic carbocycles. The lowest BCUT2D eigenvalue weighted by Crippen LogP contribution is -2.51. The second-order valence-corrected chi connectivity index (χ2v) is 5.20. The molecule has 2 rings (SSSR count). The van der Waals surface area contributed by atoms with Gasteiger partial charge in [0.05, 0.1) is 31.0 Å². The maximum Gasteiger partial charge on any atom is 0.120 e. The Morgan fingerprint density at radius 3 is 2.72 bits per heavy atom. The highest BCUT2D eigenvalue weighted by Crippen LogP contribution is 2.42. The van der Waals surface area contributed by atoms with Crippen molar-refractivity contribution in [2.24, 2.45) is 0 Å². The quantitative estimate of drug-likeness (QED) is 0.757. The average Bonchev–Trinajstić information content (AvgIpc) is 2.74. The Balaban J connectivity index is 1.98. The molecule has 2 aliphatic heterocycles. The van der Waals surface area contributed by atoms with E-state index >= 15 is 0 Å². The number of nitriles is 1. The number of aliphatic hydroxyl groups excluding tert-OH is 2. The van der Waals surface area contributed by atoms with Crippen molar-refractivity contribution in [3.05, 3.63) is 0 Å². The van der Waals surface area contributed by atoms with Gasteiger partial charge in [0.2, 0.25) is 0 Å². The zero-order chi connectivity index (χ0) is 13.0. The van der Waals surface area contributed by atoms with Crippen molar-refractivity contribution >= 4 is 0 Å². The topological polar surface area (TPSA) is 82.7 Å². The third-order valence-corrected chi connectivity index (χ3v) is 3.97. The lowest BCUT2D eigenvalue weighted by atomic mass is 9.86. The summed E-state index contributed by atoms with van der Waals surface area (Å²) >= 11 is 0. The highest BCUT2D eigenvalue weighted by atomic mass is 16.6. The van der Waals surface area contributed by atoms with Crippen LogP contribution < -0.4 is 0 Å². The van der Waals surface area contributed by atoms with Gasteiger partial charge in [0.15, 0.2) is 0 Å². The molecule has 0 aromatic heterocycles. The Morgan fingerprint density at radius 2 is 2.06 bits per heavy atom. The van der Waals surface area contributed by atoms with Gasteiger partial charge in [0.1, 0.15) is 5.60 Å². The summed E-state index contributed by atoms with van der Waals surface area (Å²) in [5, 5.41) is 27.2. The van der Waals surface area contributed by atoms with Crippen molar-refractivity contribution in [2.75, 3.05) is 13.2 Å². The van der Waals surface area contributed by atoms with Crippen LogP contribution in [0.3, 0.4) is 0 Å². The van der Waals surface area contributed by atoms with Gasteiger partial charge in [-0.2, -0.15) is 5.26 Å². The fraction of sp³-hybridized carbons (Fsp3) is 0.923. The van der Waals surface area contributed by atoms with E-state index in [-0.39, 0.29) is 31.5 Å². The molecule has 2 aliphatic rings. The number of ether oxygens (including phenoxy) is 2. The molecule has 0 radical (unpaired) electrons. The van der Waals surface area contributed by atoms with Crippen LogP contribution >= 0.6 is 0 Å². The van der Waals surface area contributed by atoms with E-state index in [9.17, 15) is 5.11 Å². The second kappa shape index (κ2) is 5.98. The molecule has 1 unspecified atom stereocenters. The molecule has 0 bridgehead atoms. The summed E-state index contributed by atoms with van der Waals surface area (Å²) in [5.74, 6) is 0. The van der Waals surface area contributed by atoms with E-state index in [1.807, 2.05) is 0 Å². The van der Waals surface area contributed by atoms with Crippen molar-refractivity contribution in [3.8, 4) is 6.07 Å². The minimum absolute atomic E-state index is 0.0260. The van der Waals surface area contributed by atoms with Crippen LogP contribution in [0.4, 0.5) is 0 Å². The van der Waals surface area contributed by atoms with Crippen LogP contribution in [0.15, 0.2) is 0 Å². The number of aliphatic hydroxyl groups is 2. The zero-order valence-corrected chi connectivity index (χ0v) is 10.5. The molecule has 5 heteroatoms. The van der Waals surface area contributed by atoms with Gasteiger partial charge in [-0.15, -0.1) is 0 Å². The van der Waals surface area contributed by atoms with Crippen LogP contribution in [0, 0.1) is 11.3 Å². The summed E-state index contributed by atoms with van der Waals surface area (Å²) in [6, 6.07) is 2.13. The highest BCUT2D eigenvalue weighted by Gasteiger charge is 2.52. The normalized spacial score (nSPS) is 39.3. The molecule has 18 heavy (non-hydrogen) atoms. The smallest absolute Gasteiger partial charge is 0.120 e. The third kappa shape index (κ3) is 2.67. The molecule has 0 amide bonds. The minimum atomic E-state index is -0.613. The van der Waals surface area contributed by atoms with E-state index in [1.54, 1.807) is 0 Å². The molecule has 2 saturated heterocycles. The van der Waals surface area contributed by atoms with Gasteiger partial charge in [-0.25, -0.2) is 0 Å². The molecule has 5 nitrogen and oxygen atoms in total. The van der Waals surface area contributed by atoms with E-state index in [0.717, 1.165) is 19.3 Å². The first-order valence-corrected chi connectivity index (χ1v) is 6.66. The fourth-order valence-corrected chi connectivity index (χ4v) is 3.05. The van der Waals surface area contributed by atoms with E-state index in [0.29, 0.717) is 19.3 Å². The molecule has 0 aliphatic carbocycles. The van der Waals surface area contributed by atoms with E-state index in [4.69, 9.17) is 19.8 Å². The van der Waals surface area contributed by atoms with Crippen molar-refractivity contribution in [3.63, 3.8) is 0 Å². The number of nitrogens with zero attached hydrogens (tertiary/aromatic N) is 1. The van der Waals surface area contributed by atoms with Gasteiger partial charge in [-0.3, -0.25) is 0 Å². The number of fused-ring (bicyclic) bond motifs is 1. The molecule has 0 saturated carbocycles. The van der Waals surface area contributed by atoms with Crippen molar-refractivity contribution in [2.45, 2.75) is 62.4 Å². The molecule has 102 valence electrons. The van der Waals surface area contributed by atoms with Gasteiger partial charge >= 0.3 is 0 Å². The monoisotopic (exact) mass is 255 g/mol. The summed E-state index contributed by atoms with van der Waals surface area (Å²) < 4.78 is 11.9. The Morgan fingerprint density at radius 1 is 1.22 bits per heavy atom. The van der Waals surface area contributed by atoms with Crippen LogP contribution in [0.5, 0.6) is 0 Å². The van der Waals surface area contributed by atoms with Crippen LogP contribution in [-0.2, 0) is 9.47 Å². The zero-order valence-electron chi connectivity index (χ0n) is 10.5. The van der Waals surface area contributed by atoms with E-state index < -0.39 is 5.60 Å². The summed E-state index contributed by atoms with van der Waals surface area (Å²) in [7, 11) is 0. The van der Waals surface area contributed by atoms with E-state index in [1.165, 1.54) is 0 Å². The molecule has 2 heterocycles. The predicted octanol–water partition coefficient (Wildman–Crippen LogP) is 0.740. The molecule has 2 fully saturated rings. The standard InChI is InChI=1S/C13H21NO4/c14-6-1-2-10-3-4-12-13(9-16,18-10)8-11(17-12)5-7-15/h10-12,15-16H,1-5,7-9H2/t10-,11-,12?,13+/m0/s1. The highest BCUT2D eigenvalue weighted by molar-refractivity contribution is 5.01. The SMILES string of the molecule is N#CCC[C@H]1CCC2O[C@@H](CCO)C[C@]2(CO)O1. The van der Waals surface area contributed by atoms with Gasteiger partial charge in [0, 0.05) is 19.4 Å². The first-order chi connectivity index (χ1) is 8.74. The molecular weight excluding hydrogens is 234 g/mol. The first-order valence-electron chi connectivity index (χ1n) is 6.66. The lowest BCUT2D eigenvalue weighted by Gasteiger charge is -2.40. The Bertz CT molecular complexity index is 317. The van der Waals surface area contributed by atoms with E-state index in [2.05, 4.69) is 6.07 Å². The van der Waals surface area contributed by atoms with Gasteiger partial charge in [0.25, 0.3) is 0 Å². The summed E-state index contributed by atoms with van der Waals surface area (Å²) in [6.07, 6.45) is 4.11. The van der Waals surface area contributed by atoms with Crippen LogP contribution in [0.25, 0.3) is 0 Å². The number of rotatable bonds is 5. The van der Waals surface area contributed by atoms with Gasteiger partial charge < -0.3 is 19.7 Å². The van der Waals surface area contributed by atoms with Crippen LogP contribution in [0.1, 0.15) is 38.5 Å². The lowest BCUT2D eigenvalue weighted by molar-refractivity contribution is -0.183. The fourth-order valence-electron chi connectivity index (χ4n) is 3.05. The molecule has 0 spiro atoms. The number of hydrogen-bond acceptors (Lipinski definition) is 5. The Labute approximate surface area is 107 Å². The maximum absolute atomic E-state index is 9.65. The summed E-state index contributed by atoms with van der Waals surface area (Å²) in [5.41, 5.74) is -0.613. The largest absolute Gasteiger partial charge is 0.396 e. The first kappa shape index (κ1) is 13.8.